The molecule has 100 valence electrons. The van der Waals surface area contributed by atoms with Gasteiger partial charge in [0.05, 0.1) is 12.5 Å². The summed E-state index contributed by atoms with van der Waals surface area (Å²) < 4.78 is 5.01. The summed E-state index contributed by atoms with van der Waals surface area (Å²) >= 11 is 0. The van der Waals surface area contributed by atoms with Crippen molar-refractivity contribution in [3.63, 3.8) is 0 Å². The van der Waals surface area contributed by atoms with Crippen LogP contribution >= 0.6 is 0 Å². The van der Waals surface area contributed by atoms with Crippen molar-refractivity contribution in [3.05, 3.63) is 0 Å². The zero-order chi connectivity index (χ0) is 12.8. The number of nitrogens with one attached hydrogen (secondary N) is 1. The summed E-state index contributed by atoms with van der Waals surface area (Å²) in [6.45, 7) is 9.63. The van der Waals surface area contributed by atoms with Gasteiger partial charge in [-0.25, -0.2) is 0 Å². The van der Waals surface area contributed by atoms with Crippen LogP contribution in [0, 0.1) is 17.8 Å². The zero-order valence-electron chi connectivity index (χ0n) is 11.7. The van der Waals surface area contributed by atoms with Crippen molar-refractivity contribution in [1.29, 1.82) is 0 Å². The lowest BCUT2D eigenvalue weighted by Crippen LogP contribution is -2.40. The molecule has 0 heterocycles. The Hall–Kier alpha value is -0.570. The summed E-state index contributed by atoms with van der Waals surface area (Å²) in [5, 5.41) is 3.52. The van der Waals surface area contributed by atoms with Crippen LogP contribution < -0.4 is 5.32 Å². The Morgan fingerprint density at radius 2 is 1.88 bits per heavy atom. The summed E-state index contributed by atoms with van der Waals surface area (Å²) in [7, 11) is 0. The third kappa shape index (κ3) is 5.07. The molecule has 0 aliphatic heterocycles. The molecule has 3 heteroatoms. The summed E-state index contributed by atoms with van der Waals surface area (Å²) in [6, 6.07) is 0.575. The lowest BCUT2D eigenvalue weighted by Gasteiger charge is -2.32. The number of carbonyl (C=O) groups excluding carboxylic acids is 1. The third-order valence-corrected chi connectivity index (χ3v) is 3.58. The molecule has 3 atom stereocenters. The molecule has 1 saturated carbocycles. The molecule has 3 unspecified atom stereocenters. The number of rotatable bonds is 5. The molecule has 3 nitrogen and oxygen atoms in total. The normalized spacial score (nSPS) is 30.9. The molecule has 0 saturated heterocycles. The Morgan fingerprint density at radius 3 is 2.41 bits per heavy atom. The van der Waals surface area contributed by atoms with Crippen LogP contribution in [0.15, 0.2) is 0 Å². The predicted molar refractivity (Wildman–Crippen MR) is 69.8 cm³/mol. The Bertz CT molecular complexity index is 232. The molecule has 0 amide bonds. The highest BCUT2D eigenvalue weighted by atomic mass is 16.5. The van der Waals surface area contributed by atoms with Gasteiger partial charge in [-0.05, 0) is 38.0 Å². The van der Waals surface area contributed by atoms with Gasteiger partial charge in [0.15, 0.2) is 0 Å². The number of ether oxygens (including phenoxy) is 1. The van der Waals surface area contributed by atoms with Gasteiger partial charge in [0.1, 0.15) is 0 Å². The minimum Gasteiger partial charge on any atom is -0.466 e. The molecule has 0 aromatic heterocycles. The molecule has 1 aliphatic rings. The molecule has 1 N–H and O–H groups in total. The lowest BCUT2D eigenvalue weighted by atomic mass is 9.80. The highest BCUT2D eigenvalue weighted by Crippen LogP contribution is 2.28. The Balaban J connectivity index is 2.27. The smallest absolute Gasteiger partial charge is 0.309 e. The first kappa shape index (κ1) is 14.5. The maximum Gasteiger partial charge on any atom is 0.309 e. The van der Waals surface area contributed by atoms with Crippen molar-refractivity contribution in [2.24, 2.45) is 17.8 Å². The van der Waals surface area contributed by atoms with Gasteiger partial charge >= 0.3 is 5.97 Å². The molecular formula is C14H27NO2. The minimum absolute atomic E-state index is 0.0394. The highest BCUT2D eigenvalue weighted by Gasteiger charge is 2.24. The summed E-state index contributed by atoms with van der Waals surface area (Å²) in [5.41, 5.74) is 0. The Kier molecular flexibility index (Phi) is 5.96. The summed E-state index contributed by atoms with van der Waals surface area (Å²) in [6.07, 6.45) is 3.81. The average Bonchev–Trinajstić information content (AvgIpc) is 2.25. The van der Waals surface area contributed by atoms with E-state index >= 15 is 0 Å². The van der Waals surface area contributed by atoms with Gasteiger partial charge in [0.2, 0.25) is 0 Å². The molecule has 0 bridgehead atoms. The fourth-order valence-electron chi connectivity index (χ4n) is 2.82. The van der Waals surface area contributed by atoms with Gasteiger partial charge in [-0.15, -0.1) is 0 Å². The monoisotopic (exact) mass is 241 g/mol. The van der Waals surface area contributed by atoms with E-state index < -0.39 is 0 Å². The lowest BCUT2D eigenvalue weighted by molar-refractivity contribution is -0.147. The fourth-order valence-corrected chi connectivity index (χ4v) is 2.82. The van der Waals surface area contributed by atoms with Gasteiger partial charge in [-0.2, -0.15) is 0 Å². The van der Waals surface area contributed by atoms with Crippen molar-refractivity contribution in [2.45, 2.75) is 53.0 Å². The van der Waals surface area contributed by atoms with Crippen LogP contribution in [0.25, 0.3) is 0 Å². The second-order valence-corrected chi connectivity index (χ2v) is 5.68. The fraction of sp³-hybridized carbons (Fsp3) is 0.929. The quantitative estimate of drug-likeness (QED) is 0.752. The van der Waals surface area contributed by atoms with Gasteiger partial charge in [-0.1, -0.05) is 20.8 Å². The first-order chi connectivity index (χ1) is 8.02. The minimum atomic E-state index is -0.0862. The van der Waals surface area contributed by atoms with E-state index in [0.717, 1.165) is 18.4 Å². The SMILES string of the molecule is CCOC(=O)C(C)CNC1CC(C)CC(C)C1. The van der Waals surface area contributed by atoms with Gasteiger partial charge in [-0.3, -0.25) is 4.79 Å². The van der Waals surface area contributed by atoms with E-state index in [9.17, 15) is 4.79 Å². The first-order valence-corrected chi connectivity index (χ1v) is 6.92. The van der Waals surface area contributed by atoms with Crippen molar-refractivity contribution >= 4 is 5.97 Å². The van der Waals surface area contributed by atoms with Gasteiger partial charge in [0.25, 0.3) is 0 Å². The second kappa shape index (κ2) is 7.00. The predicted octanol–water partition coefficient (Wildman–Crippen LogP) is 2.60. The Morgan fingerprint density at radius 1 is 1.29 bits per heavy atom. The van der Waals surface area contributed by atoms with E-state index in [1.54, 1.807) is 0 Å². The van der Waals surface area contributed by atoms with Crippen LogP contribution in [-0.2, 0) is 9.53 Å². The molecule has 0 spiro atoms. The number of hydrogen-bond donors (Lipinski definition) is 1. The van der Waals surface area contributed by atoms with Gasteiger partial charge < -0.3 is 10.1 Å². The van der Waals surface area contributed by atoms with Crippen LogP contribution in [-0.4, -0.2) is 25.2 Å². The van der Waals surface area contributed by atoms with Crippen LogP contribution in [0.5, 0.6) is 0 Å². The van der Waals surface area contributed by atoms with E-state index in [0.29, 0.717) is 12.6 Å². The topological polar surface area (TPSA) is 38.3 Å². The summed E-state index contributed by atoms with van der Waals surface area (Å²) in [5.74, 6) is 1.47. The molecule has 17 heavy (non-hydrogen) atoms. The van der Waals surface area contributed by atoms with Gasteiger partial charge in [0, 0.05) is 12.6 Å². The first-order valence-electron chi connectivity index (χ1n) is 6.92. The molecule has 1 aliphatic carbocycles. The molecule has 0 aromatic rings. The molecule has 1 rings (SSSR count). The van der Waals surface area contributed by atoms with Crippen molar-refractivity contribution in [1.82, 2.24) is 5.32 Å². The van der Waals surface area contributed by atoms with E-state index in [1.807, 2.05) is 13.8 Å². The Labute approximate surface area is 105 Å². The van der Waals surface area contributed by atoms with Crippen LogP contribution in [0.1, 0.15) is 47.0 Å². The largest absolute Gasteiger partial charge is 0.466 e. The number of esters is 1. The van der Waals surface area contributed by atoms with Crippen LogP contribution in [0.3, 0.4) is 0 Å². The maximum atomic E-state index is 11.5. The molecular weight excluding hydrogens is 214 g/mol. The maximum absolute atomic E-state index is 11.5. The number of hydrogen-bond acceptors (Lipinski definition) is 3. The molecule has 0 aromatic carbocycles. The van der Waals surface area contributed by atoms with Crippen molar-refractivity contribution < 1.29 is 9.53 Å². The van der Waals surface area contributed by atoms with E-state index in [-0.39, 0.29) is 11.9 Å². The van der Waals surface area contributed by atoms with Crippen molar-refractivity contribution in [3.8, 4) is 0 Å². The second-order valence-electron chi connectivity index (χ2n) is 5.68. The third-order valence-electron chi connectivity index (χ3n) is 3.58. The van der Waals surface area contributed by atoms with E-state index in [2.05, 4.69) is 19.2 Å². The van der Waals surface area contributed by atoms with E-state index in [1.165, 1.54) is 19.3 Å². The standard InChI is InChI=1S/C14H27NO2/c1-5-17-14(16)12(4)9-15-13-7-10(2)6-11(3)8-13/h10-13,15H,5-9H2,1-4H3. The number of carbonyl (C=O) groups is 1. The molecule has 1 fully saturated rings. The van der Waals surface area contributed by atoms with Crippen LogP contribution in [0.2, 0.25) is 0 Å². The summed E-state index contributed by atoms with van der Waals surface area (Å²) in [4.78, 5) is 11.5. The average molecular weight is 241 g/mol. The van der Waals surface area contributed by atoms with Crippen LogP contribution in [0.4, 0.5) is 0 Å². The zero-order valence-corrected chi connectivity index (χ0v) is 11.7. The highest BCUT2D eigenvalue weighted by molar-refractivity contribution is 5.72. The van der Waals surface area contributed by atoms with E-state index in [4.69, 9.17) is 4.74 Å². The molecule has 0 radical (unpaired) electrons. The van der Waals surface area contributed by atoms with Crippen molar-refractivity contribution in [2.75, 3.05) is 13.2 Å².